The number of carbonyl (C=O) groups excluding carboxylic acids is 1. The van der Waals surface area contributed by atoms with Crippen LogP contribution in [0.25, 0.3) is 10.9 Å². The van der Waals surface area contributed by atoms with Crippen LogP contribution < -0.4 is 5.32 Å². The summed E-state index contributed by atoms with van der Waals surface area (Å²) in [6.45, 7) is 3.08. The van der Waals surface area contributed by atoms with Crippen LogP contribution in [0.4, 0.5) is 0 Å². The van der Waals surface area contributed by atoms with E-state index in [0.29, 0.717) is 12.1 Å². The fourth-order valence-electron chi connectivity index (χ4n) is 2.49. The Morgan fingerprint density at radius 3 is 3.25 bits per heavy atom. The molecule has 0 bridgehead atoms. The van der Waals surface area contributed by atoms with Crippen molar-refractivity contribution in [3.63, 3.8) is 0 Å². The maximum Gasteiger partial charge on any atom is 0.251 e. The topological polar surface area (TPSA) is 57.4 Å². The molecular formula is C15H19N3O2. The summed E-state index contributed by atoms with van der Waals surface area (Å²) in [6.07, 6.45) is 1.95. The molecule has 1 fully saturated rings. The van der Waals surface area contributed by atoms with Crippen molar-refractivity contribution < 1.29 is 9.53 Å². The van der Waals surface area contributed by atoms with Crippen LogP contribution in [0.1, 0.15) is 10.4 Å². The Hall–Kier alpha value is -1.85. The number of carbonyl (C=O) groups is 1. The first-order valence-electron chi connectivity index (χ1n) is 6.88. The van der Waals surface area contributed by atoms with Crippen molar-refractivity contribution in [1.29, 1.82) is 0 Å². The monoisotopic (exact) mass is 273 g/mol. The van der Waals surface area contributed by atoms with Gasteiger partial charge in [0.1, 0.15) is 0 Å². The minimum Gasteiger partial charge on any atom is -0.374 e. The van der Waals surface area contributed by atoms with Gasteiger partial charge in [0.15, 0.2) is 0 Å². The molecule has 0 unspecified atom stereocenters. The molecule has 2 aromatic rings. The van der Waals surface area contributed by atoms with Crippen molar-refractivity contribution in [2.24, 2.45) is 0 Å². The minimum atomic E-state index is -0.0571. The number of likely N-dealkylation sites (N-methyl/N-ethyl adjacent to an activating group) is 1. The number of H-pyrrole nitrogens is 1. The molecule has 0 saturated carbocycles. The van der Waals surface area contributed by atoms with Crippen molar-refractivity contribution in [2.45, 2.75) is 6.10 Å². The molecule has 5 nitrogen and oxygen atoms in total. The van der Waals surface area contributed by atoms with Crippen LogP contribution in [0.5, 0.6) is 0 Å². The third-order valence-corrected chi connectivity index (χ3v) is 3.65. The van der Waals surface area contributed by atoms with Gasteiger partial charge in [-0.3, -0.25) is 4.79 Å². The molecule has 1 aliphatic heterocycles. The Morgan fingerprint density at radius 1 is 1.50 bits per heavy atom. The first kappa shape index (κ1) is 13.1. The average Bonchev–Trinajstić information content (AvgIpc) is 2.92. The third-order valence-electron chi connectivity index (χ3n) is 3.65. The molecule has 5 heteroatoms. The maximum atomic E-state index is 12.1. The molecule has 1 atom stereocenters. The van der Waals surface area contributed by atoms with Gasteiger partial charge in [0, 0.05) is 36.9 Å². The minimum absolute atomic E-state index is 0.0571. The summed E-state index contributed by atoms with van der Waals surface area (Å²) in [7, 11) is 2.07. The highest BCUT2D eigenvalue weighted by Gasteiger charge is 2.18. The number of amides is 1. The number of morpholine rings is 1. The van der Waals surface area contributed by atoms with E-state index in [0.717, 1.165) is 30.6 Å². The number of nitrogens with one attached hydrogen (secondary N) is 2. The van der Waals surface area contributed by atoms with E-state index in [1.165, 1.54) is 0 Å². The molecule has 2 heterocycles. The van der Waals surface area contributed by atoms with Gasteiger partial charge >= 0.3 is 0 Å². The summed E-state index contributed by atoms with van der Waals surface area (Å²) < 4.78 is 5.63. The molecule has 3 rings (SSSR count). The Kier molecular flexibility index (Phi) is 3.71. The van der Waals surface area contributed by atoms with Crippen LogP contribution in [-0.4, -0.2) is 55.2 Å². The van der Waals surface area contributed by atoms with Gasteiger partial charge in [-0.25, -0.2) is 0 Å². The van der Waals surface area contributed by atoms with Gasteiger partial charge in [-0.1, -0.05) is 6.07 Å². The largest absolute Gasteiger partial charge is 0.374 e. The molecule has 1 aliphatic rings. The summed E-state index contributed by atoms with van der Waals surface area (Å²) in [5, 5.41) is 4.05. The van der Waals surface area contributed by atoms with E-state index in [4.69, 9.17) is 4.74 Å². The number of rotatable bonds is 3. The normalized spacial score (nSPS) is 20.1. The predicted octanol–water partition coefficient (Wildman–Crippen LogP) is 1.23. The van der Waals surface area contributed by atoms with Crippen molar-refractivity contribution in [3.8, 4) is 0 Å². The Morgan fingerprint density at radius 2 is 2.40 bits per heavy atom. The number of fused-ring (bicyclic) bond motifs is 1. The van der Waals surface area contributed by atoms with Crippen LogP contribution in [0.2, 0.25) is 0 Å². The quantitative estimate of drug-likeness (QED) is 0.884. The van der Waals surface area contributed by atoms with Crippen molar-refractivity contribution in [2.75, 3.05) is 33.3 Å². The molecule has 0 spiro atoms. The SMILES string of the molecule is CN1CCO[C@H](CNC(=O)c2ccc3cc[nH]c3c2)C1. The number of hydrogen-bond acceptors (Lipinski definition) is 3. The zero-order valence-electron chi connectivity index (χ0n) is 11.6. The van der Waals surface area contributed by atoms with Gasteiger partial charge in [0.05, 0.1) is 12.7 Å². The van der Waals surface area contributed by atoms with Crippen LogP contribution in [0, 0.1) is 0 Å². The lowest BCUT2D eigenvalue weighted by Crippen LogP contribution is -2.45. The zero-order chi connectivity index (χ0) is 13.9. The van der Waals surface area contributed by atoms with Crippen molar-refractivity contribution >= 4 is 16.8 Å². The van der Waals surface area contributed by atoms with Crippen molar-refractivity contribution in [3.05, 3.63) is 36.0 Å². The van der Waals surface area contributed by atoms with Crippen molar-refractivity contribution in [1.82, 2.24) is 15.2 Å². The lowest BCUT2D eigenvalue weighted by atomic mass is 10.1. The molecule has 2 N–H and O–H groups in total. The first-order chi connectivity index (χ1) is 9.72. The Balaban J connectivity index is 1.60. The van der Waals surface area contributed by atoms with Gasteiger partial charge in [-0.2, -0.15) is 0 Å². The van der Waals surface area contributed by atoms with Crippen LogP contribution in [0.3, 0.4) is 0 Å². The van der Waals surface area contributed by atoms with E-state index < -0.39 is 0 Å². The molecule has 1 aromatic carbocycles. The average molecular weight is 273 g/mol. The molecule has 1 amide bonds. The van der Waals surface area contributed by atoms with E-state index in [-0.39, 0.29) is 12.0 Å². The van der Waals surface area contributed by atoms with Gasteiger partial charge < -0.3 is 19.9 Å². The van der Waals surface area contributed by atoms with E-state index in [1.807, 2.05) is 30.5 Å². The van der Waals surface area contributed by atoms with Gasteiger partial charge in [0.2, 0.25) is 0 Å². The molecule has 106 valence electrons. The lowest BCUT2D eigenvalue weighted by molar-refractivity contribution is -0.0175. The first-order valence-corrected chi connectivity index (χ1v) is 6.88. The molecular weight excluding hydrogens is 254 g/mol. The summed E-state index contributed by atoms with van der Waals surface area (Å²) in [4.78, 5) is 17.5. The Bertz CT molecular complexity index is 608. The standard InChI is InChI=1S/C15H19N3O2/c1-18-6-7-20-13(10-18)9-17-15(19)12-3-2-11-4-5-16-14(11)8-12/h2-5,8,13,16H,6-7,9-10H2,1H3,(H,17,19)/t13-/m1/s1. The summed E-state index contributed by atoms with van der Waals surface area (Å²) in [6, 6.07) is 7.66. The number of aromatic nitrogens is 1. The van der Waals surface area contributed by atoms with Crippen LogP contribution in [0.15, 0.2) is 30.5 Å². The van der Waals surface area contributed by atoms with E-state index in [9.17, 15) is 4.79 Å². The fourth-order valence-corrected chi connectivity index (χ4v) is 2.49. The zero-order valence-corrected chi connectivity index (χ0v) is 11.6. The van der Waals surface area contributed by atoms with E-state index in [2.05, 4.69) is 22.2 Å². The number of ether oxygens (including phenoxy) is 1. The van der Waals surface area contributed by atoms with Crippen LogP contribution in [-0.2, 0) is 4.74 Å². The van der Waals surface area contributed by atoms with E-state index in [1.54, 1.807) is 0 Å². The summed E-state index contributed by atoms with van der Waals surface area (Å²) >= 11 is 0. The highest BCUT2D eigenvalue weighted by Crippen LogP contribution is 2.14. The number of nitrogens with zero attached hydrogens (tertiary/aromatic N) is 1. The van der Waals surface area contributed by atoms with Gasteiger partial charge in [-0.15, -0.1) is 0 Å². The Labute approximate surface area is 117 Å². The molecule has 1 aromatic heterocycles. The third kappa shape index (κ3) is 2.84. The molecule has 20 heavy (non-hydrogen) atoms. The second-order valence-corrected chi connectivity index (χ2v) is 5.24. The predicted molar refractivity (Wildman–Crippen MR) is 77.9 cm³/mol. The van der Waals surface area contributed by atoms with Crippen LogP contribution >= 0.6 is 0 Å². The highest BCUT2D eigenvalue weighted by atomic mass is 16.5. The maximum absolute atomic E-state index is 12.1. The molecule has 0 radical (unpaired) electrons. The van der Waals surface area contributed by atoms with Gasteiger partial charge in [0.25, 0.3) is 5.91 Å². The smallest absolute Gasteiger partial charge is 0.251 e. The number of hydrogen-bond donors (Lipinski definition) is 2. The van der Waals surface area contributed by atoms with E-state index >= 15 is 0 Å². The second kappa shape index (κ2) is 5.64. The number of aromatic amines is 1. The summed E-state index contributed by atoms with van der Waals surface area (Å²) in [5.74, 6) is -0.0571. The number of benzene rings is 1. The molecule has 0 aliphatic carbocycles. The van der Waals surface area contributed by atoms with Gasteiger partial charge in [-0.05, 0) is 30.6 Å². The highest BCUT2D eigenvalue weighted by molar-refractivity contribution is 5.97. The molecule has 1 saturated heterocycles. The fraction of sp³-hybridized carbons (Fsp3) is 0.400. The second-order valence-electron chi connectivity index (χ2n) is 5.24. The lowest BCUT2D eigenvalue weighted by Gasteiger charge is -2.30. The summed E-state index contributed by atoms with van der Waals surface area (Å²) in [5.41, 5.74) is 1.65.